The van der Waals surface area contributed by atoms with Crippen molar-refractivity contribution in [1.29, 1.82) is 0 Å². The van der Waals surface area contributed by atoms with Crippen molar-refractivity contribution in [3.8, 4) is 0 Å². The van der Waals surface area contributed by atoms with Gasteiger partial charge in [0.25, 0.3) is 5.91 Å². The minimum absolute atomic E-state index is 0.138. The highest BCUT2D eigenvalue weighted by Crippen LogP contribution is 2.38. The second-order valence-electron chi connectivity index (χ2n) is 9.96. The van der Waals surface area contributed by atoms with E-state index in [1.54, 1.807) is 33.0 Å². The van der Waals surface area contributed by atoms with E-state index in [1.165, 1.54) is 0 Å². The van der Waals surface area contributed by atoms with Gasteiger partial charge in [-0.15, -0.1) is 5.06 Å². The smallest absolute Gasteiger partial charge is 0.351 e. The molecule has 10 nitrogen and oxygen atoms in total. The van der Waals surface area contributed by atoms with Crippen LogP contribution in [0.2, 0.25) is 5.02 Å². The van der Waals surface area contributed by atoms with Crippen molar-refractivity contribution in [3.05, 3.63) is 69.9 Å². The van der Waals surface area contributed by atoms with Crippen molar-refractivity contribution in [2.24, 2.45) is 7.05 Å². The molecule has 0 bridgehead atoms. The maximum absolute atomic E-state index is 13.8. The van der Waals surface area contributed by atoms with Crippen molar-refractivity contribution in [1.82, 2.24) is 25.1 Å². The average molecular weight is 552 g/mol. The molecule has 0 saturated carbocycles. The highest BCUT2D eigenvalue weighted by atomic mass is 35.5. The van der Waals surface area contributed by atoms with Gasteiger partial charge in [0.2, 0.25) is 0 Å². The Balaban J connectivity index is 1.25. The molecule has 1 fully saturated rings. The van der Waals surface area contributed by atoms with Gasteiger partial charge in [-0.25, -0.2) is 4.79 Å². The number of piperazine rings is 1. The Morgan fingerprint density at radius 2 is 1.92 bits per heavy atom. The molecule has 2 aliphatic heterocycles. The van der Waals surface area contributed by atoms with Crippen LogP contribution in [0.25, 0.3) is 0 Å². The number of carbonyl (C=O) groups is 2. The maximum Gasteiger partial charge on any atom is 0.426 e. The molecule has 0 radical (unpaired) electrons. The molecular weight excluding hydrogens is 518 g/mol. The molecule has 206 valence electrons. The fourth-order valence-corrected chi connectivity index (χ4v) is 5.20. The fraction of sp³-hybridized carbons (Fsp3) is 0.393. The summed E-state index contributed by atoms with van der Waals surface area (Å²) in [6.07, 6.45) is 2.41. The van der Waals surface area contributed by atoms with Crippen LogP contribution >= 0.6 is 11.6 Å². The number of hydrogen-bond acceptors (Lipinski definition) is 7. The molecule has 2 amide bonds. The summed E-state index contributed by atoms with van der Waals surface area (Å²) in [5, 5.41) is 12.8. The number of hydroxylamine groups is 2. The number of halogens is 1. The van der Waals surface area contributed by atoms with Gasteiger partial charge >= 0.3 is 6.09 Å². The Morgan fingerprint density at radius 3 is 2.67 bits per heavy atom. The third kappa shape index (κ3) is 6.03. The molecule has 1 saturated heterocycles. The van der Waals surface area contributed by atoms with Gasteiger partial charge in [-0.3, -0.25) is 9.48 Å². The monoisotopic (exact) mass is 551 g/mol. The normalized spacial score (nSPS) is 15.6. The summed E-state index contributed by atoms with van der Waals surface area (Å²) < 4.78 is 1.75. The lowest BCUT2D eigenvalue weighted by Gasteiger charge is -2.32. The van der Waals surface area contributed by atoms with E-state index in [0.29, 0.717) is 36.8 Å². The van der Waals surface area contributed by atoms with Gasteiger partial charge in [0, 0.05) is 55.9 Å². The molecule has 0 spiro atoms. The number of anilines is 3. The van der Waals surface area contributed by atoms with Crippen LogP contribution < -0.4 is 15.5 Å². The summed E-state index contributed by atoms with van der Waals surface area (Å²) in [5.41, 5.74) is 4.75. The Labute approximate surface area is 233 Å². The second kappa shape index (κ2) is 11.6. The van der Waals surface area contributed by atoms with Crippen LogP contribution in [0.5, 0.6) is 0 Å². The summed E-state index contributed by atoms with van der Waals surface area (Å²) in [6.45, 7) is 9.02. The summed E-state index contributed by atoms with van der Waals surface area (Å²) in [6, 6.07) is 11.0. The van der Waals surface area contributed by atoms with Crippen LogP contribution in [-0.4, -0.2) is 64.5 Å². The van der Waals surface area contributed by atoms with Crippen LogP contribution in [0.3, 0.4) is 0 Å². The summed E-state index contributed by atoms with van der Waals surface area (Å²) in [7, 11) is 1.85. The van der Waals surface area contributed by atoms with E-state index in [-0.39, 0.29) is 5.91 Å². The van der Waals surface area contributed by atoms with E-state index in [0.717, 1.165) is 59.9 Å². The number of aromatic nitrogens is 2. The Morgan fingerprint density at radius 1 is 1.13 bits per heavy atom. The highest BCUT2D eigenvalue weighted by Gasteiger charge is 2.27. The lowest BCUT2D eigenvalue weighted by atomic mass is 10.0. The lowest BCUT2D eigenvalue weighted by molar-refractivity contribution is -0.123. The number of aryl methyl sites for hydroxylation is 2. The predicted octanol–water partition coefficient (Wildman–Crippen LogP) is 4.45. The van der Waals surface area contributed by atoms with Gasteiger partial charge in [-0.2, -0.15) is 5.10 Å². The molecule has 0 atom stereocenters. The molecule has 2 aromatic carbocycles. The van der Waals surface area contributed by atoms with Crippen LogP contribution in [0.4, 0.5) is 22.0 Å². The Bertz CT molecular complexity index is 1370. The first-order valence-electron chi connectivity index (χ1n) is 13.2. The molecule has 2 N–H and O–H groups in total. The molecule has 3 heterocycles. The summed E-state index contributed by atoms with van der Waals surface area (Å²) in [5.74, 6) is 0.683. The lowest BCUT2D eigenvalue weighted by Crippen LogP contribution is -2.48. The first kappa shape index (κ1) is 27.0. The molecule has 0 unspecified atom stereocenters. The molecule has 5 rings (SSSR count). The van der Waals surface area contributed by atoms with E-state index in [2.05, 4.69) is 27.6 Å². The highest BCUT2D eigenvalue weighted by molar-refractivity contribution is 6.31. The van der Waals surface area contributed by atoms with Gasteiger partial charge in [-0.1, -0.05) is 24.6 Å². The molecule has 11 heteroatoms. The zero-order valence-corrected chi connectivity index (χ0v) is 23.3. The van der Waals surface area contributed by atoms with Crippen LogP contribution in [-0.2, 0) is 25.0 Å². The second-order valence-corrected chi connectivity index (χ2v) is 10.4. The van der Waals surface area contributed by atoms with E-state index in [1.807, 2.05) is 38.2 Å². The van der Waals surface area contributed by atoms with Crippen molar-refractivity contribution < 1.29 is 14.4 Å². The number of rotatable bonds is 6. The number of nitrogens with one attached hydrogen (secondary N) is 2. The number of benzene rings is 2. The minimum atomic E-state index is -0.474. The standard InChI is InChI=1S/C28H34ClN7O3/c1-4-9-34-10-12-35(13-11-34)39-28(38)30-16-21-6-5-20(14-19(21)2)27(37)36-18-22-17-31-33(3)26(22)32-24-15-23(29)7-8-25(24)36/h5-8,14-15,17,32H,4,9-13,16,18H2,1-3H3,(H,30,38). The Hall–Kier alpha value is -3.60. The van der Waals surface area contributed by atoms with Crippen LogP contribution in [0.1, 0.15) is 40.4 Å². The number of nitrogens with zero attached hydrogens (tertiary/aromatic N) is 5. The topological polar surface area (TPSA) is 95.0 Å². The van der Waals surface area contributed by atoms with Gasteiger partial charge in [0.1, 0.15) is 5.82 Å². The third-order valence-electron chi connectivity index (χ3n) is 7.19. The van der Waals surface area contributed by atoms with E-state index in [4.69, 9.17) is 16.4 Å². The maximum atomic E-state index is 13.8. The first-order valence-corrected chi connectivity index (χ1v) is 13.6. The number of carbonyl (C=O) groups excluding carboxylic acids is 2. The molecule has 3 aromatic rings. The number of fused-ring (bicyclic) bond motifs is 2. The van der Waals surface area contributed by atoms with Crippen LogP contribution in [0, 0.1) is 6.92 Å². The average Bonchev–Trinajstić information content (AvgIpc) is 3.17. The van der Waals surface area contributed by atoms with Crippen molar-refractivity contribution in [3.63, 3.8) is 0 Å². The van der Waals surface area contributed by atoms with Crippen molar-refractivity contribution >= 4 is 40.8 Å². The van der Waals surface area contributed by atoms with Gasteiger partial charge < -0.3 is 25.3 Å². The van der Waals surface area contributed by atoms with Gasteiger partial charge in [-0.05, 0) is 61.3 Å². The molecule has 39 heavy (non-hydrogen) atoms. The van der Waals surface area contributed by atoms with Crippen molar-refractivity contribution in [2.45, 2.75) is 33.4 Å². The molecule has 2 aliphatic rings. The number of hydrogen-bond donors (Lipinski definition) is 2. The Kier molecular flexibility index (Phi) is 8.06. The third-order valence-corrected chi connectivity index (χ3v) is 7.42. The molecule has 1 aromatic heterocycles. The fourth-order valence-electron chi connectivity index (χ4n) is 5.03. The van der Waals surface area contributed by atoms with Crippen LogP contribution in [0.15, 0.2) is 42.6 Å². The van der Waals surface area contributed by atoms with Gasteiger partial charge in [0.15, 0.2) is 0 Å². The van der Waals surface area contributed by atoms with E-state index < -0.39 is 6.09 Å². The van der Waals surface area contributed by atoms with Crippen molar-refractivity contribution in [2.75, 3.05) is 42.9 Å². The largest absolute Gasteiger partial charge is 0.426 e. The summed E-state index contributed by atoms with van der Waals surface area (Å²) >= 11 is 6.27. The SMILES string of the molecule is CCCN1CCN(OC(=O)NCc2ccc(C(=O)N3Cc4cnn(C)c4Nc4cc(Cl)ccc43)cc2C)CC1. The minimum Gasteiger partial charge on any atom is -0.351 e. The first-order chi connectivity index (χ1) is 18.8. The zero-order chi connectivity index (χ0) is 27.5. The number of amides is 2. The van der Waals surface area contributed by atoms with Gasteiger partial charge in [0.05, 0.1) is 24.1 Å². The summed E-state index contributed by atoms with van der Waals surface area (Å²) in [4.78, 5) is 35.7. The van der Waals surface area contributed by atoms with E-state index >= 15 is 0 Å². The molecule has 0 aliphatic carbocycles. The predicted molar refractivity (Wildman–Crippen MR) is 151 cm³/mol. The zero-order valence-electron chi connectivity index (χ0n) is 22.5. The van der Waals surface area contributed by atoms with E-state index in [9.17, 15) is 9.59 Å². The molecular formula is C28H34ClN7O3. The quantitative estimate of drug-likeness (QED) is 0.467.